The topological polar surface area (TPSA) is 68.0 Å². The highest BCUT2D eigenvalue weighted by molar-refractivity contribution is 5.79. The molecular formula is C22H25N3O2. The van der Waals surface area contributed by atoms with Crippen LogP contribution in [0.3, 0.4) is 0 Å². The van der Waals surface area contributed by atoms with Gasteiger partial charge < -0.3 is 5.11 Å². The molecule has 4 rings (SSSR count). The molecule has 1 aliphatic rings. The smallest absolute Gasteiger partial charge is 0.143 e. The van der Waals surface area contributed by atoms with Crippen LogP contribution in [0, 0.1) is 0 Å². The van der Waals surface area contributed by atoms with Crippen molar-refractivity contribution in [1.82, 2.24) is 15.0 Å². The number of carbonyl (C=O) groups is 1. The Morgan fingerprint density at radius 2 is 1.70 bits per heavy atom. The maximum atomic E-state index is 11.5. The number of hydrogen-bond acceptors (Lipinski definition) is 4. The Labute approximate surface area is 159 Å². The number of phenolic OH excluding ortho intramolecular Hbond substituents is 1. The van der Waals surface area contributed by atoms with Crippen molar-refractivity contribution in [2.75, 3.05) is 0 Å². The van der Waals surface area contributed by atoms with Crippen LogP contribution in [0.1, 0.15) is 63.5 Å². The van der Waals surface area contributed by atoms with Gasteiger partial charge in [-0.25, -0.2) is 0 Å². The minimum atomic E-state index is 0.0401. The molecule has 0 radical (unpaired) electrons. The molecule has 1 heterocycles. The summed E-state index contributed by atoms with van der Waals surface area (Å²) in [7, 11) is 0. The molecule has 0 spiro atoms. The lowest BCUT2D eigenvalue weighted by Crippen LogP contribution is -2.12. The Balaban J connectivity index is 1.72. The molecule has 1 N–H and O–H groups in total. The summed E-state index contributed by atoms with van der Waals surface area (Å²) in [5.41, 5.74) is 4.57. The fraction of sp³-hybridized carbons (Fsp3) is 0.409. The minimum absolute atomic E-state index is 0.0401. The SMILES string of the molecule is CC(C)(C)c1ccc2nn(-c3cc(C4CCC(=O)CC4)ccc3O)nc2c1. The van der Waals surface area contributed by atoms with Crippen molar-refractivity contribution >= 4 is 16.8 Å². The highest BCUT2D eigenvalue weighted by Crippen LogP contribution is 2.34. The molecule has 0 bridgehead atoms. The van der Waals surface area contributed by atoms with Crippen molar-refractivity contribution in [3.8, 4) is 11.4 Å². The van der Waals surface area contributed by atoms with E-state index in [0.29, 0.717) is 30.2 Å². The second kappa shape index (κ2) is 6.48. The average molecular weight is 363 g/mol. The third-order valence-electron chi connectivity index (χ3n) is 5.48. The second-order valence-electron chi connectivity index (χ2n) is 8.50. The summed E-state index contributed by atoms with van der Waals surface area (Å²) in [6.45, 7) is 6.51. The maximum Gasteiger partial charge on any atom is 0.143 e. The minimum Gasteiger partial charge on any atom is -0.506 e. The van der Waals surface area contributed by atoms with Crippen molar-refractivity contribution in [2.45, 2.75) is 57.8 Å². The lowest BCUT2D eigenvalue weighted by atomic mass is 9.83. The number of hydrogen-bond donors (Lipinski definition) is 1. The Hall–Kier alpha value is -2.69. The summed E-state index contributed by atoms with van der Waals surface area (Å²) < 4.78 is 0. The monoisotopic (exact) mass is 363 g/mol. The molecule has 3 aromatic rings. The molecule has 1 aromatic heterocycles. The van der Waals surface area contributed by atoms with E-state index in [-0.39, 0.29) is 11.2 Å². The number of aromatic nitrogens is 3. The summed E-state index contributed by atoms with van der Waals surface area (Å²) in [6.07, 6.45) is 3.01. The highest BCUT2D eigenvalue weighted by Gasteiger charge is 2.22. The number of carbonyl (C=O) groups excluding carboxylic acids is 1. The van der Waals surface area contributed by atoms with Crippen LogP contribution >= 0.6 is 0 Å². The molecule has 0 atom stereocenters. The molecule has 140 valence electrons. The van der Waals surface area contributed by atoms with Gasteiger partial charge in [-0.3, -0.25) is 4.79 Å². The van der Waals surface area contributed by atoms with Crippen LogP contribution in [0.25, 0.3) is 16.7 Å². The number of fused-ring (bicyclic) bond motifs is 1. The number of ketones is 1. The zero-order chi connectivity index (χ0) is 19.2. The number of aromatic hydroxyl groups is 1. The van der Waals surface area contributed by atoms with Crippen molar-refractivity contribution in [2.24, 2.45) is 0 Å². The molecule has 0 unspecified atom stereocenters. The van der Waals surface area contributed by atoms with E-state index in [0.717, 1.165) is 29.4 Å². The molecule has 0 saturated heterocycles. The third-order valence-corrected chi connectivity index (χ3v) is 5.48. The fourth-order valence-corrected chi connectivity index (χ4v) is 3.72. The number of benzene rings is 2. The quantitative estimate of drug-likeness (QED) is 0.719. The van der Waals surface area contributed by atoms with Crippen LogP contribution in [-0.2, 0) is 10.2 Å². The van der Waals surface area contributed by atoms with Crippen LogP contribution < -0.4 is 0 Å². The predicted octanol–water partition coefficient (Wildman–Crippen LogP) is 4.65. The zero-order valence-corrected chi connectivity index (χ0v) is 16.1. The van der Waals surface area contributed by atoms with Gasteiger partial charge in [-0.2, -0.15) is 0 Å². The lowest BCUT2D eigenvalue weighted by Gasteiger charge is -2.21. The van der Waals surface area contributed by atoms with E-state index in [1.54, 1.807) is 6.07 Å². The molecule has 5 heteroatoms. The number of Topliss-reactive ketones (excluding diaryl/α,β-unsaturated/α-hetero) is 1. The van der Waals surface area contributed by atoms with Crippen molar-refractivity contribution in [3.63, 3.8) is 0 Å². The van der Waals surface area contributed by atoms with Gasteiger partial charge in [-0.1, -0.05) is 32.9 Å². The first-order valence-corrected chi connectivity index (χ1v) is 9.54. The van der Waals surface area contributed by atoms with Gasteiger partial charge in [0.25, 0.3) is 0 Å². The first kappa shape index (κ1) is 17.7. The molecule has 27 heavy (non-hydrogen) atoms. The lowest BCUT2D eigenvalue weighted by molar-refractivity contribution is -0.120. The van der Waals surface area contributed by atoms with Gasteiger partial charge in [-0.05, 0) is 59.6 Å². The zero-order valence-electron chi connectivity index (χ0n) is 16.1. The van der Waals surface area contributed by atoms with Gasteiger partial charge in [0.05, 0.1) is 0 Å². The fourth-order valence-electron chi connectivity index (χ4n) is 3.72. The van der Waals surface area contributed by atoms with E-state index >= 15 is 0 Å². The predicted molar refractivity (Wildman–Crippen MR) is 105 cm³/mol. The Bertz CT molecular complexity index is 1000. The number of nitrogens with zero attached hydrogens (tertiary/aromatic N) is 3. The van der Waals surface area contributed by atoms with Gasteiger partial charge >= 0.3 is 0 Å². The summed E-state index contributed by atoms with van der Waals surface area (Å²) >= 11 is 0. The van der Waals surface area contributed by atoms with E-state index in [2.05, 4.69) is 43.1 Å². The summed E-state index contributed by atoms with van der Waals surface area (Å²) in [4.78, 5) is 13.0. The van der Waals surface area contributed by atoms with Crippen LogP contribution in [0.4, 0.5) is 0 Å². The molecule has 1 saturated carbocycles. The normalized spacial score (nSPS) is 16.2. The Morgan fingerprint density at radius 1 is 1.00 bits per heavy atom. The molecule has 0 amide bonds. The van der Waals surface area contributed by atoms with Crippen molar-refractivity contribution < 1.29 is 9.90 Å². The van der Waals surface area contributed by atoms with E-state index in [4.69, 9.17) is 0 Å². The molecule has 0 aliphatic heterocycles. The van der Waals surface area contributed by atoms with Gasteiger partial charge in [0.1, 0.15) is 28.3 Å². The molecule has 2 aromatic carbocycles. The number of rotatable bonds is 2. The van der Waals surface area contributed by atoms with Gasteiger partial charge in [0.2, 0.25) is 0 Å². The maximum absolute atomic E-state index is 11.5. The largest absolute Gasteiger partial charge is 0.506 e. The van der Waals surface area contributed by atoms with Gasteiger partial charge in [-0.15, -0.1) is 15.0 Å². The molecule has 1 aliphatic carbocycles. The van der Waals surface area contributed by atoms with Crippen LogP contribution in [0.2, 0.25) is 0 Å². The molecular weight excluding hydrogens is 338 g/mol. The van der Waals surface area contributed by atoms with Gasteiger partial charge in [0, 0.05) is 12.8 Å². The first-order valence-electron chi connectivity index (χ1n) is 9.54. The van der Waals surface area contributed by atoms with E-state index in [9.17, 15) is 9.90 Å². The number of phenols is 1. The summed E-state index contributed by atoms with van der Waals surface area (Å²) in [6, 6.07) is 11.7. The molecule has 1 fully saturated rings. The standard InChI is InChI=1S/C22H25N3O2/c1-22(2,3)16-7-10-18-19(13-16)24-25(23-18)20-12-15(6-11-21(20)27)14-4-8-17(26)9-5-14/h6-7,10-14,27H,4-5,8-9H2,1-3H3. The van der Waals surface area contributed by atoms with Crippen molar-refractivity contribution in [3.05, 3.63) is 47.5 Å². The summed E-state index contributed by atoms with van der Waals surface area (Å²) in [5.74, 6) is 0.849. The Morgan fingerprint density at radius 3 is 2.41 bits per heavy atom. The van der Waals surface area contributed by atoms with E-state index < -0.39 is 0 Å². The van der Waals surface area contributed by atoms with Crippen molar-refractivity contribution in [1.29, 1.82) is 0 Å². The Kier molecular flexibility index (Phi) is 4.25. The van der Waals surface area contributed by atoms with Gasteiger partial charge in [0.15, 0.2) is 0 Å². The van der Waals surface area contributed by atoms with E-state index in [1.807, 2.05) is 18.2 Å². The molecule has 5 nitrogen and oxygen atoms in total. The van der Waals surface area contributed by atoms with E-state index in [1.165, 1.54) is 10.4 Å². The van der Waals surface area contributed by atoms with Crippen LogP contribution in [0.5, 0.6) is 5.75 Å². The second-order valence-corrected chi connectivity index (χ2v) is 8.50. The average Bonchev–Trinajstić information content (AvgIpc) is 3.05. The first-order chi connectivity index (χ1) is 12.8. The van der Waals surface area contributed by atoms with Crippen LogP contribution in [0.15, 0.2) is 36.4 Å². The third kappa shape index (κ3) is 3.46. The summed E-state index contributed by atoms with van der Waals surface area (Å²) in [5, 5.41) is 19.5. The highest BCUT2D eigenvalue weighted by atomic mass is 16.3. The van der Waals surface area contributed by atoms with Crippen LogP contribution in [-0.4, -0.2) is 25.9 Å².